The third-order valence-electron chi connectivity index (χ3n) is 6.53. The number of anilines is 1. The zero-order valence-corrected chi connectivity index (χ0v) is 16.7. The van der Waals surface area contributed by atoms with Gasteiger partial charge in [0.2, 0.25) is 0 Å². The third-order valence-corrected chi connectivity index (χ3v) is 6.53. The van der Waals surface area contributed by atoms with Crippen LogP contribution < -0.4 is 5.73 Å². The molecule has 1 aromatic carbocycles. The van der Waals surface area contributed by atoms with Gasteiger partial charge in [-0.2, -0.15) is 0 Å². The molecular formula is C24H27N5. The monoisotopic (exact) mass is 385 g/mol. The molecule has 2 atom stereocenters. The van der Waals surface area contributed by atoms with Gasteiger partial charge in [0.1, 0.15) is 17.8 Å². The van der Waals surface area contributed by atoms with E-state index in [-0.39, 0.29) is 0 Å². The van der Waals surface area contributed by atoms with Crippen molar-refractivity contribution in [3.8, 4) is 0 Å². The van der Waals surface area contributed by atoms with Crippen molar-refractivity contribution in [2.45, 2.75) is 51.0 Å². The van der Waals surface area contributed by atoms with E-state index in [0.717, 1.165) is 23.4 Å². The van der Waals surface area contributed by atoms with Crippen molar-refractivity contribution in [2.24, 2.45) is 5.92 Å². The molecule has 0 aliphatic heterocycles. The number of nitrogens with zero attached hydrogens (tertiary/aromatic N) is 4. The number of aromatic nitrogens is 4. The Hall–Kier alpha value is -2.95. The van der Waals surface area contributed by atoms with E-state index in [4.69, 9.17) is 5.73 Å². The molecular weight excluding hydrogens is 358 g/mol. The SMILES string of the molecule is Nc1ncnc2c1ccn2C1CCC(CCCCc2cccc3ccncc23)C1. The third kappa shape index (κ3) is 3.57. The number of rotatable bonds is 6. The highest BCUT2D eigenvalue weighted by Crippen LogP contribution is 2.39. The maximum absolute atomic E-state index is 5.99. The summed E-state index contributed by atoms with van der Waals surface area (Å²) >= 11 is 0. The van der Waals surface area contributed by atoms with E-state index in [0.29, 0.717) is 11.9 Å². The number of pyridine rings is 1. The zero-order chi connectivity index (χ0) is 19.6. The first-order valence-electron chi connectivity index (χ1n) is 10.7. The van der Waals surface area contributed by atoms with Crippen LogP contribution in [0.4, 0.5) is 5.82 Å². The van der Waals surface area contributed by atoms with E-state index in [2.05, 4.69) is 56.0 Å². The number of aryl methyl sites for hydroxylation is 1. The van der Waals surface area contributed by atoms with Crippen LogP contribution >= 0.6 is 0 Å². The van der Waals surface area contributed by atoms with Crippen molar-refractivity contribution >= 4 is 27.6 Å². The number of benzene rings is 1. The fraction of sp³-hybridized carbons (Fsp3) is 0.375. The van der Waals surface area contributed by atoms with Gasteiger partial charge < -0.3 is 10.3 Å². The fourth-order valence-electron chi connectivity index (χ4n) is 4.99. The Labute approximate surface area is 171 Å². The topological polar surface area (TPSA) is 69.6 Å². The second kappa shape index (κ2) is 7.82. The Kier molecular flexibility index (Phi) is 4.88. The summed E-state index contributed by atoms with van der Waals surface area (Å²) in [6, 6.07) is 11.3. The summed E-state index contributed by atoms with van der Waals surface area (Å²) in [5.74, 6) is 1.39. The van der Waals surface area contributed by atoms with Crippen molar-refractivity contribution < 1.29 is 0 Å². The molecule has 0 spiro atoms. The van der Waals surface area contributed by atoms with Gasteiger partial charge in [-0.25, -0.2) is 9.97 Å². The quantitative estimate of drug-likeness (QED) is 0.456. The van der Waals surface area contributed by atoms with Gasteiger partial charge >= 0.3 is 0 Å². The molecule has 2 unspecified atom stereocenters. The molecule has 3 aromatic heterocycles. The summed E-state index contributed by atoms with van der Waals surface area (Å²) in [6.07, 6.45) is 16.3. The van der Waals surface area contributed by atoms with Crippen molar-refractivity contribution in [1.82, 2.24) is 19.5 Å². The first-order chi connectivity index (χ1) is 14.3. The van der Waals surface area contributed by atoms with Gasteiger partial charge in [-0.15, -0.1) is 0 Å². The van der Waals surface area contributed by atoms with Crippen LogP contribution in [0.1, 0.15) is 50.1 Å². The van der Waals surface area contributed by atoms with E-state index in [9.17, 15) is 0 Å². The highest BCUT2D eigenvalue weighted by molar-refractivity contribution is 5.86. The van der Waals surface area contributed by atoms with Crippen molar-refractivity contribution in [1.29, 1.82) is 0 Å². The summed E-state index contributed by atoms with van der Waals surface area (Å²) in [4.78, 5) is 12.9. The first kappa shape index (κ1) is 18.1. The number of hydrogen-bond acceptors (Lipinski definition) is 4. The molecule has 1 fully saturated rings. The van der Waals surface area contributed by atoms with Gasteiger partial charge in [0.05, 0.1) is 5.39 Å². The number of fused-ring (bicyclic) bond motifs is 2. The molecule has 4 aromatic rings. The lowest BCUT2D eigenvalue weighted by molar-refractivity contribution is 0.443. The predicted molar refractivity (Wildman–Crippen MR) is 118 cm³/mol. The molecule has 1 saturated carbocycles. The number of nitrogen functional groups attached to an aromatic ring is 1. The molecule has 0 bridgehead atoms. The Morgan fingerprint density at radius 2 is 2.00 bits per heavy atom. The first-order valence-corrected chi connectivity index (χ1v) is 10.7. The largest absolute Gasteiger partial charge is 0.383 e. The van der Waals surface area contributed by atoms with Crippen molar-refractivity contribution in [3.05, 3.63) is 60.8 Å². The highest BCUT2D eigenvalue weighted by atomic mass is 15.1. The van der Waals surface area contributed by atoms with Crippen LogP contribution in [0.3, 0.4) is 0 Å². The molecule has 5 nitrogen and oxygen atoms in total. The van der Waals surface area contributed by atoms with Crippen LogP contribution in [0.2, 0.25) is 0 Å². The molecule has 0 saturated heterocycles. The molecule has 0 amide bonds. The van der Waals surface area contributed by atoms with Crippen molar-refractivity contribution in [2.75, 3.05) is 5.73 Å². The summed E-state index contributed by atoms with van der Waals surface area (Å²) in [6.45, 7) is 0. The second-order valence-electron chi connectivity index (χ2n) is 8.31. The standard InChI is InChI=1S/C24H27N5/c25-23-21-11-13-29(24(21)28-16-27-23)20-9-8-17(14-20)4-1-2-5-18-6-3-7-19-10-12-26-15-22(18)19/h3,6-7,10-13,15-17,20H,1-2,4-5,8-9,14H2,(H2,25,27,28). The molecule has 5 heteroatoms. The van der Waals surface area contributed by atoms with Gasteiger partial charge in [-0.05, 0) is 61.1 Å². The average molecular weight is 386 g/mol. The molecule has 1 aliphatic rings. The van der Waals surface area contributed by atoms with Gasteiger partial charge in [-0.1, -0.05) is 31.0 Å². The molecule has 2 N–H and O–H groups in total. The number of unbranched alkanes of at least 4 members (excludes halogenated alkanes) is 1. The minimum atomic E-state index is 0.538. The molecule has 1 aliphatic carbocycles. The van der Waals surface area contributed by atoms with E-state index < -0.39 is 0 Å². The lowest BCUT2D eigenvalue weighted by atomic mass is 9.96. The average Bonchev–Trinajstić information content (AvgIpc) is 3.39. The van der Waals surface area contributed by atoms with Gasteiger partial charge in [0.25, 0.3) is 0 Å². The summed E-state index contributed by atoms with van der Waals surface area (Å²) in [5.41, 5.74) is 8.40. The van der Waals surface area contributed by atoms with Crippen LogP contribution in [-0.2, 0) is 6.42 Å². The molecule has 3 heterocycles. The molecule has 148 valence electrons. The van der Waals surface area contributed by atoms with Crippen molar-refractivity contribution in [3.63, 3.8) is 0 Å². The van der Waals surface area contributed by atoms with Gasteiger partial charge in [0.15, 0.2) is 0 Å². The highest BCUT2D eigenvalue weighted by Gasteiger charge is 2.26. The number of hydrogen-bond donors (Lipinski definition) is 1. The minimum absolute atomic E-state index is 0.538. The lowest BCUT2D eigenvalue weighted by Crippen LogP contribution is -2.06. The predicted octanol–water partition coefficient (Wildman–Crippen LogP) is 5.32. The van der Waals surface area contributed by atoms with Gasteiger partial charge in [0, 0.05) is 30.0 Å². The smallest absolute Gasteiger partial charge is 0.145 e. The Bertz CT molecular complexity index is 1130. The lowest BCUT2D eigenvalue weighted by Gasteiger charge is -2.14. The summed E-state index contributed by atoms with van der Waals surface area (Å²) in [7, 11) is 0. The van der Waals surface area contributed by atoms with Crippen LogP contribution in [0.25, 0.3) is 21.8 Å². The Balaban J connectivity index is 1.16. The van der Waals surface area contributed by atoms with Crippen LogP contribution in [0.15, 0.2) is 55.2 Å². The summed E-state index contributed by atoms with van der Waals surface area (Å²) < 4.78 is 2.32. The second-order valence-corrected chi connectivity index (χ2v) is 8.31. The van der Waals surface area contributed by atoms with E-state index in [1.54, 1.807) is 6.33 Å². The van der Waals surface area contributed by atoms with Crippen LogP contribution in [-0.4, -0.2) is 19.5 Å². The molecule has 5 rings (SSSR count). The van der Waals surface area contributed by atoms with Gasteiger partial charge in [-0.3, -0.25) is 4.98 Å². The number of nitrogens with two attached hydrogens (primary N) is 1. The van der Waals surface area contributed by atoms with Crippen LogP contribution in [0.5, 0.6) is 0 Å². The Morgan fingerprint density at radius 3 is 2.97 bits per heavy atom. The van der Waals surface area contributed by atoms with E-state index in [1.165, 1.54) is 54.9 Å². The zero-order valence-electron chi connectivity index (χ0n) is 16.7. The van der Waals surface area contributed by atoms with E-state index in [1.807, 2.05) is 12.4 Å². The summed E-state index contributed by atoms with van der Waals surface area (Å²) in [5, 5.41) is 3.57. The van der Waals surface area contributed by atoms with Crippen LogP contribution in [0, 0.1) is 5.92 Å². The molecule has 29 heavy (non-hydrogen) atoms. The Morgan fingerprint density at radius 1 is 1.03 bits per heavy atom. The maximum Gasteiger partial charge on any atom is 0.145 e. The maximum atomic E-state index is 5.99. The fourth-order valence-corrected chi connectivity index (χ4v) is 4.99. The molecule has 0 radical (unpaired) electrons. The minimum Gasteiger partial charge on any atom is -0.383 e. The van der Waals surface area contributed by atoms with E-state index >= 15 is 0 Å². The normalized spacial score (nSPS) is 19.3.